The maximum absolute atomic E-state index is 12.0. The molecular formula is C14H17BrN2O3. The van der Waals surface area contributed by atoms with E-state index in [1.165, 1.54) is 0 Å². The third-order valence-corrected chi connectivity index (χ3v) is 3.55. The number of nitrogens with one attached hydrogen (secondary N) is 2. The van der Waals surface area contributed by atoms with Crippen LogP contribution in [0, 0.1) is 0 Å². The van der Waals surface area contributed by atoms with Crippen molar-refractivity contribution in [2.24, 2.45) is 0 Å². The molecule has 1 saturated heterocycles. The summed E-state index contributed by atoms with van der Waals surface area (Å²) in [6, 6.07) is 6.86. The van der Waals surface area contributed by atoms with Gasteiger partial charge in [0.15, 0.2) is 0 Å². The van der Waals surface area contributed by atoms with Crippen molar-refractivity contribution in [1.29, 1.82) is 0 Å². The Hall–Kier alpha value is -1.40. The molecule has 0 aromatic heterocycles. The third kappa shape index (κ3) is 4.31. The van der Waals surface area contributed by atoms with Crippen molar-refractivity contribution in [3.8, 4) is 0 Å². The molecule has 1 heterocycles. The largest absolute Gasteiger partial charge is 0.376 e. The fourth-order valence-electron chi connectivity index (χ4n) is 2.05. The van der Waals surface area contributed by atoms with Crippen LogP contribution in [0.5, 0.6) is 0 Å². The summed E-state index contributed by atoms with van der Waals surface area (Å²) in [6.07, 6.45) is 2.16. The molecule has 1 aliphatic rings. The van der Waals surface area contributed by atoms with Crippen LogP contribution in [0.3, 0.4) is 0 Å². The SMILES string of the molecule is O=C(CBr)Nc1cccc(C(=O)NCC2CCCO2)c1. The second-order valence-corrected chi connectivity index (χ2v) is 5.17. The first-order chi connectivity index (χ1) is 9.69. The molecule has 5 nitrogen and oxygen atoms in total. The van der Waals surface area contributed by atoms with E-state index in [1.807, 2.05) is 0 Å². The molecule has 2 amide bonds. The van der Waals surface area contributed by atoms with Gasteiger partial charge in [-0.1, -0.05) is 22.0 Å². The third-order valence-electron chi connectivity index (χ3n) is 3.04. The number of halogens is 1. The summed E-state index contributed by atoms with van der Waals surface area (Å²) in [5.41, 5.74) is 1.13. The number of carbonyl (C=O) groups excluding carboxylic acids is 2. The van der Waals surface area contributed by atoms with E-state index in [9.17, 15) is 9.59 Å². The average Bonchev–Trinajstić information content (AvgIpc) is 2.98. The van der Waals surface area contributed by atoms with Gasteiger partial charge in [0.1, 0.15) is 0 Å². The summed E-state index contributed by atoms with van der Waals surface area (Å²) < 4.78 is 5.45. The predicted molar refractivity (Wildman–Crippen MR) is 80.2 cm³/mol. The first-order valence-electron chi connectivity index (χ1n) is 6.54. The van der Waals surface area contributed by atoms with E-state index in [0.29, 0.717) is 17.8 Å². The van der Waals surface area contributed by atoms with Crippen molar-refractivity contribution in [3.63, 3.8) is 0 Å². The number of hydrogen-bond donors (Lipinski definition) is 2. The Morgan fingerprint density at radius 1 is 1.40 bits per heavy atom. The van der Waals surface area contributed by atoms with Crippen molar-refractivity contribution in [2.45, 2.75) is 18.9 Å². The zero-order chi connectivity index (χ0) is 14.4. The monoisotopic (exact) mass is 340 g/mol. The van der Waals surface area contributed by atoms with Crippen molar-refractivity contribution in [3.05, 3.63) is 29.8 Å². The second-order valence-electron chi connectivity index (χ2n) is 4.61. The Kier molecular flexibility index (Phi) is 5.55. The smallest absolute Gasteiger partial charge is 0.251 e. The molecule has 2 rings (SSSR count). The molecule has 0 radical (unpaired) electrons. The van der Waals surface area contributed by atoms with E-state index < -0.39 is 0 Å². The molecule has 1 atom stereocenters. The average molecular weight is 341 g/mol. The Bertz CT molecular complexity index is 487. The molecular weight excluding hydrogens is 324 g/mol. The molecule has 108 valence electrons. The number of hydrogen-bond acceptors (Lipinski definition) is 3. The van der Waals surface area contributed by atoms with Gasteiger partial charge in [0, 0.05) is 24.4 Å². The number of carbonyl (C=O) groups is 2. The van der Waals surface area contributed by atoms with Gasteiger partial charge in [-0.25, -0.2) is 0 Å². The van der Waals surface area contributed by atoms with E-state index >= 15 is 0 Å². The van der Waals surface area contributed by atoms with Crippen LogP contribution < -0.4 is 10.6 Å². The summed E-state index contributed by atoms with van der Waals surface area (Å²) in [6.45, 7) is 1.30. The fraction of sp³-hybridized carbons (Fsp3) is 0.429. The van der Waals surface area contributed by atoms with Crippen LogP contribution in [0.1, 0.15) is 23.2 Å². The summed E-state index contributed by atoms with van der Waals surface area (Å²) in [5.74, 6) is -0.308. The summed E-state index contributed by atoms with van der Waals surface area (Å²) >= 11 is 3.08. The maximum Gasteiger partial charge on any atom is 0.251 e. The van der Waals surface area contributed by atoms with Crippen LogP contribution in [0.4, 0.5) is 5.69 Å². The van der Waals surface area contributed by atoms with E-state index in [4.69, 9.17) is 4.74 Å². The zero-order valence-electron chi connectivity index (χ0n) is 11.0. The number of alkyl halides is 1. The maximum atomic E-state index is 12.0. The zero-order valence-corrected chi connectivity index (χ0v) is 12.6. The quantitative estimate of drug-likeness (QED) is 0.805. The van der Waals surface area contributed by atoms with Crippen molar-refractivity contribution in [1.82, 2.24) is 5.32 Å². The highest BCUT2D eigenvalue weighted by molar-refractivity contribution is 9.09. The van der Waals surface area contributed by atoms with Crippen LogP contribution in [0.2, 0.25) is 0 Å². The lowest BCUT2D eigenvalue weighted by Crippen LogP contribution is -2.31. The van der Waals surface area contributed by atoms with E-state index in [-0.39, 0.29) is 23.2 Å². The molecule has 6 heteroatoms. The number of ether oxygens (including phenoxy) is 1. The molecule has 1 aliphatic heterocycles. The first kappa shape index (κ1) is 15.0. The minimum absolute atomic E-state index is 0.121. The highest BCUT2D eigenvalue weighted by atomic mass is 79.9. The van der Waals surface area contributed by atoms with Crippen molar-refractivity contribution >= 4 is 33.4 Å². The van der Waals surface area contributed by atoms with Crippen molar-refractivity contribution < 1.29 is 14.3 Å². The van der Waals surface area contributed by atoms with Gasteiger partial charge in [0.25, 0.3) is 5.91 Å². The van der Waals surface area contributed by atoms with Gasteiger partial charge >= 0.3 is 0 Å². The van der Waals surface area contributed by atoms with Crippen LogP contribution in [0.15, 0.2) is 24.3 Å². The van der Waals surface area contributed by atoms with Crippen molar-refractivity contribution in [2.75, 3.05) is 23.8 Å². The molecule has 0 spiro atoms. The van der Waals surface area contributed by atoms with E-state index in [1.54, 1.807) is 24.3 Å². The molecule has 2 N–H and O–H groups in total. The summed E-state index contributed by atoms with van der Waals surface area (Å²) in [4.78, 5) is 23.3. The second kappa shape index (κ2) is 7.40. The highest BCUT2D eigenvalue weighted by Crippen LogP contribution is 2.13. The Morgan fingerprint density at radius 3 is 2.95 bits per heavy atom. The molecule has 0 saturated carbocycles. The standard InChI is InChI=1S/C14H17BrN2O3/c15-8-13(18)17-11-4-1-3-10(7-11)14(19)16-9-12-5-2-6-20-12/h1,3-4,7,12H,2,5-6,8-9H2,(H,16,19)(H,17,18). The summed E-state index contributed by atoms with van der Waals surface area (Å²) in [7, 11) is 0. The minimum Gasteiger partial charge on any atom is -0.376 e. The predicted octanol–water partition coefficient (Wildman–Crippen LogP) is 1.93. The number of benzene rings is 1. The molecule has 0 bridgehead atoms. The minimum atomic E-state index is -0.157. The van der Waals surface area contributed by atoms with Gasteiger partial charge in [-0.05, 0) is 31.0 Å². The van der Waals surface area contributed by atoms with E-state index in [2.05, 4.69) is 26.6 Å². The van der Waals surface area contributed by atoms with Gasteiger partial charge in [-0.15, -0.1) is 0 Å². The summed E-state index contributed by atoms with van der Waals surface area (Å²) in [5, 5.41) is 5.77. The molecule has 0 aliphatic carbocycles. The van der Waals surface area contributed by atoms with Gasteiger partial charge in [-0.2, -0.15) is 0 Å². The van der Waals surface area contributed by atoms with E-state index in [0.717, 1.165) is 19.4 Å². The van der Waals surface area contributed by atoms with Gasteiger partial charge < -0.3 is 15.4 Å². The number of anilines is 1. The number of amides is 2. The number of rotatable bonds is 5. The topological polar surface area (TPSA) is 67.4 Å². The normalized spacial score (nSPS) is 17.8. The van der Waals surface area contributed by atoms with Gasteiger partial charge in [-0.3, -0.25) is 9.59 Å². The van der Waals surface area contributed by atoms with Gasteiger partial charge in [0.2, 0.25) is 5.91 Å². The fourth-order valence-corrected chi connectivity index (χ4v) is 2.19. The van der Waals surface area contributed by atoms with Crippen LogP contribution in [-0.4, -0.2) is 36.4 Å². The Balaban J connectivity index is 1.91. The molecule has 1 aromatic rings. The highest BCUT2D eigenvalue weighted by Gasteiger charge is 2.16. The Labute approximate surface area is 126 Å². The van der Waals surface area contributed by atoms with Crippen LogP contribution >= 0.6 is 15.9 Å². The molecule has 1 unspecified atom stereocenters. The Morgan fingerprint density at radius 2 is 2.25 bits per heavy atom. The lowest BCUT2D eigenvalue weighted by molar-refractivity contribution is -0.113. The van der Waals surface area contributed by atoms with Crippen LogP contribution in [-0.2, 0) is 9.53 Å². The lowest BCUT2D eigenvalue weighted by atomic mass is 10.1. The lowest BCUT2D eigenvalue weighted by Gasteiger charge is -2.11. The molecule has 1 fully saturated rings. The first-order valence-corrected chi connectivity index (χ1v) is 7.67. The molecule has 1 aromatic carbocycles. The van der Waals surface area contributed by atoms with Crippen LogP contribution in [0.25, 0.3) is 0 Å². The molecule has 20 heavy (non-hydrogen) atoms. The van der Waals surface area contributed by atoms with Gasteiger partial charge in [0.05, 0.1) is 11.4 Å².